The molecule has 2 rings (SSSR count). The van der Waals surface area contributed by atoms with Crippen molar-refractivity contribution in [2.24, 2.45) is 5.92 Å². The van der Waals surface area contributed by atoms with Gasteiger partial charge in [0.05, 0.1) is 0 Å². The molecule has 5 heteroatoms. The fourth-order valence-corrected chi connectivity index (χ4v) is 5.37. The van der Waals surface area contributed by atoms with Gasteiger partial charge in [-0.3, -0.25) is 0 Å². The van der Waals surface area contributed by atoms with Crippen LogP contribution in [0.25, 0.3) is 0 Å². The van der Waals surface area contributed by atoms with Gasteiger partial charge in [-0.1, -0.05) is 0 Å². The number of hydrogen-bond acceptors (Lipinski definition) is 2. The molecule has 70 valence electrons. The molecule has 0 spiro atoms. The van der Waals surface area contributed by atoms with Crippen LogP contribution in [-0.2, 0) is 4.52 Å². The molecule has 1 N–H and O–H groups in total. The van der Waals surface area contributed by atoms with Gasteiger partial charge in [-0.05, 0) is 0 Å². The Bertz CT molecular complexity index is 230. The van der Waals surface area contributed by atoms with Gasteiger partial charge in [-0.25, -0.2) is 0 Å². The molecule has 0 aromatic heterocycles. The van der Waals surface area contributed by atoms with E-state index in [1.54, 1.807) is 0 Å². The second-order valence-electron chi connectivity index (χ2n) is 3.91. The monoisotopic (exact) mass is 320 g/mol. The summed E-state index contributed by atoms with van der Waals surface area (Å²) in [6.07, 6.45) is 6.08. The minimum absolute atomic E-state index is 0.0471. The van der Waals surface area contributed by atoms with Crippen molar-refractivity contribution in [2.75, 3.05) is 0 Å². The number of hydrogen-bond donors (Lipinski definition) is 1. The summed E-state index contributed by atoms with van der Waals surface area (Å²) in [5.41, 5.74) is 0.0471. The Labute approximate surface area is 88.3 Å². The molecule has 0 aromatic carbocycles. The maximum absolute atomic E-state index is 9.60. The Morgan fingerprint density at radius 2 is 2.08 bits per heavy atom. The van der Waals surface area contributed by atoms with E-state index >= 15 is 0 Å². The zero-order valence-electron chi connectivity index (χ0n) is 6.77. The Morgan fingerprint density at radius 1 is 1.50 bits per heavy atom. The fraction of sp³-hybridized carbons (Fsp3) is 1.00. The Kier molecular flexibility index (Phi) is 2.65. The topological polar surface area (TPSA) is 29.5 Å². The Morgan fingerprint density at radius 3 is 2.42 bits per heavy atom. The second kappa shape index (κ2) is 3.21. The van der Waals surface area contributed by atoms with Gasteiger partial charge in [0.25, 0.3) is 0 Å². The van der Waals surface area contributed by atoms with E-state index < -0.39 is 4.65 Å². The molecule has 0 saturated heterocycles. The molecular formula is C7H13O2PSe2. The summed E-state index contributed by atoms with van der Waals surface area (Å²) in [4.78, 5) is 9.60. The normalized spacial score (nSPS) is 44.7. The van der Waals surface area contributed by atoms with E-state index in [0.717, 1.165) is 18.8 Å². The molecular weight excluding hydrogens is 305 g/mol. The second-order valence-corrected chi connectivity index (χ2v) is 15.6. The van der Waals surface area contributed by atoms with Crippen molar-refractivity contribution in [3.63, 3.8) is 0 Å². The van der Waals surface area contributed by atoms with E-state index in [-0.39, 0.29) is 5.60 Å². The summed E-state index contributed by atoms with van der Waals surface area (Å²) < 4.78 is 3.55. The van der Waals surface area contributed by atoms with Crippen molar-refractivity contribution in [3.05, 3.63) is 0 Å². The van der Waals surface area contributed by atoms with Crippen LogP contribution in [-0.4, -0.2) is 41.2 Å². The van der Waals surface area contributed by atoms with E-state index in [1.807, 2.05) is 0 Å². The average Bonchev–Trinajstić information content (AvgIpc) is 2.40. The first-order valence-corrected chi connectivity index (χ1v) is 10.6. The summed E-state index contributed by atoms with van der Waals surface area (Å²) in [7, 11) is 0. The molecule has 2 aliphatic carbocycles. The van der Waals surface area contributed by atoms with Gasteiger partial charge >= 0.3 is 88.4 Å². The first kappa shape index (κ1) is 9.93. The molecule has 0 radical (unpaired) electrons. The minimum atomic E-state index is -2.21. The van der Waals surface area contributed by atoms with E-state index in [1.165, 1.54) is 19.3 Å². The third kappa shape index (κ3) is 2.07. The first-order valence-electron chi connectivity index (χ1n) is 4.25. The third-order valence-electron chi connectivity index (χ3n) is 2.99. The van der Waals surface area contributed by atoms with Crippen LogP contribution in [0.2, 0.25) is 0 Å². The van der Waals surface area contributed by atoms with Gasteiger partial charge in [0.1, 0.15) is 0 Å². The van der Waals surface area contributed by atoms with Gasteiger partial charge in [0.2, 0.25) is 0 Å². The first-order chi connectivity index (χ1) is 5.49. The zero-order valence-corrected chi connectivity index (χ0v) is 11.3. The molecule has 0 heterocycles. The summed E-state index contributed by atoms with van der Waals surface area (Å²) in [5, 5.41) is 0. The van der Waals surface area contributed by atoms with Gasteiger partial charge in [0.15, 0.2) is 0 Å². The predicted molar refractivity (Wildman–Crippen MR) is 52.4 cm³/mol. The van der Waals surface area contributed by atoms with Crippen molar-refractivity contribution in [3.8, 4) is 0 Å². The van der Waals surface area contributed by atoms with Crippen LogP contribution in [0.15, 0.2) is 0 Å². The molecule has 0 amide bonds. The summed E-state index contributed by atoms with van der Waals surface area (Å²) in [6.45, 7) is 0. The molecule has 12 heavy (non-hydrogen) atoms. The van der Waals surface area contributed by atoms with Gasteiger partial charge in [-0.15, -0.1) is 0 Å². The fourth-order valence-electron chi connectivity index (χ4n) is 2.52. The van der Waals surface area contributed by atoms with Crippen molar-refractivity contribution < 1.29 is 9.42 Å². The predicted octanol–water partition coefficient (Wildman–Crippen LogP) is 1.07. The van der Waals surface area contributed by atoms with Gasteiger partial charge < -0.3 is 0 Å². The molecule has 0 aliphatic heterocycles. The maximum atomic E-state index is 9.60. The SMILES string of the molecule is OP(=[Se])([SeH])OC12CCC(CC1)C2. The summed E-state index contributed by atoms with van der Waals surface area (Å²) >= 11 is 4.98. The molecule has 1 unspecified atom stereocenters. The van der Waals surface area contributed by atoms with Gasteiger partial charge in [-0.2, -0.15) is 0 Å². The Balaban J connectivity index is 2.08. The average molecular weight is 318 g/mol. The molecule has 2 aliphatic rings. The van der Waals surface area contributed by atoms with Crippen LogP contribution in [0.5, 0.6) is 0 Å². The van der Waals surface area contributed by atoms with Crippen LogP contribution in [0, 0.1) is 5.92 Å². The van der Waals surface area contributed by atoms with E-state index in [2.05, 4.69) is 30.7 Å². The van der Waals surface area contributed by atoms with Crippen LogP contribution in [0.4, 0.5) is 0 Å². The third-order valence-corrected chi connectivity index (χ3v) is 4.60. The van der Waals surface area contributed by atoms with Crippen molar-refractivity contribution >= 4 is 35.3 Å². The van der Waals surface area contributed by atoms with Crippen LogP contribution >= 0.6 is 4.65 Å². The summed E-state index contributed by atoms with van der Waals surface area (Å²) in [5.74, 6) is 0.879. The van der Waals surface area contributed by atoms with Crippen molar-refractivity contribution in [1.29, 1.82) is 0 Å². The molecule has 2 fully saturated rings. The van der Waals surface area contributed by atoms with Crippen LogP contribution < -0.4 is 0 Å². The number of fused-ring (bicyclic) bond motifs is 2. The van der Waals surface area contributed by atoms with Crippen molar-refractivity contribution in [1.82, 2.24) is 0 Å². The Hall–Kier alpha value is 1.39. The molecule has 2 nitrogen and oxygen atoms in total. The van der Waals surface area contributed by atoms with E-state index in [0.29, 0.717) is 0 Å². The molecule has 1 atom stereocenters. The quantitative estimate of drug-likeness (QED) is 0.610. The van der Waals surface area contributed by atoms with Crippen molar-refractivity contribution in [2.45, 2.75) is 37.7 Å². The van der Waals surface area contributed by atoms with E-state index in [4.69, 9.17) is 4.52 Å². The van der Waals surface area contributed by atoms with E-state index in [9.17, 15) is 4.89 Å². The van der Waals surface area contributed by atoms with Gasteiger partial charge in [0, 0.05) is 0 Å². The zero-order chi connectivity index (χ0) is 8.82. The van der Waals surface area contributed by atoms with Crippen LogP contribution in [0.3, 0.4) is 0 Å². The molecule has 2 saturated carbocycles. The standard InChI is InChI=1S/C7H13O2PSe2/c8-10(11,12)9-7-3-1-6(5-7)2-4-7/h6H,1-5H2,(H2,8,11,12). The molecule has 0 aromatic rings. The molecule has 2 bridgehead atoms. The van der Waals surface area contributed by atoms with Crippen LogP contribution in [0.1, 0.15) is 32.1 Å². The summed E-state index contributed by atoms with van der Waals surface area (Å²) in [6, 6.07) is 0. The number of rotatable bonds is 2.